The fourth-order valence-electron chi connectivity index (χ4n) is 3.02. The number of benzene rings is 2. The molecule has 3 rings (SSSR count). The number of aryl methyl sites for hydroxylation is 4. The molecule has 0 aliphatic carbocycles. The summed E-state index contributed by atoms with van der Waals surface area (Å²) in [5.74, 6) is -0.106. The Morgan fingerprint density at radius 3 is 2.31 bits per heavy atom. The summed E-state index contributed by atoms with van der Waals surface area (Å²) in [5.41, 5.74) is 5.75. The Labute approximate surface area is 175 Å². The van der Waals surface area contributed by atoms with Gasteiger partial charge in [-0.15, -0.1) is 0 Å². The molecule has 29 heavy (non-hydrogen) atoms. The molecule has 0 spiro atoms. The van der Waals surface area contributed by atoms with Gasteiger partial charge >= 0.3 is 0 Å². The van der Waals surface area contributed by atoms with Crippen LogP contribution in [0.2, 0.25) is 0 Å². The molecule has 0 aliphatic heterocycles. The fraction of sp³-hybridized carbons (Fsp3) is 0.261. The van der Waals surface area contributed by atoms with E-state index in [1.54, 1.807) is 6.07 Å². The molecule has 0 unspecified atom stereocenters. The minimum absolute atomic E-state index is 0.106. The van der Waals surface area contributed by atoms with Crippen LogP contribution in [-0.2, 0) is 4.79 Å². The molecule has 0 fully saturated rings. The number of thioether (sulfide) groups is 1. The molecule has 3 aromatic rings. The van der Waals surface area contributed by atoms with Gasteiger partial charge in [0.1, 0.15) is 5.03 Å². The summed E-state index contributed by atoms with van der Waals surface area (Å²) in [5, 5.41) is 7.67. The third kappa shape index (κ3) is 5.15. The fourth-order valence-corrected chi connectivity index (χ4v) is 3.83. The molecule has 5 nitrogen and oxygen atoms in total. The minimum Gasteiger partial charge on any atom is -0.325 e. The predicted octanol–water partition coefficient (Wildman–Crippen LogP) is 4.59. The quantitative estimate of drug-likeness (QED) is 0.629. The molecule has 1 atom stereocenters. The van der Waals surface area contributed by atoms with E-state index in [1.807, 2.05) is 65.0 Å². The molecule has 1 N–H and O–H groups in total. The summed E-state index contributed by atoms with van der Waals surface area (Å²) in [6.07, 6.45) is 0. The summed E-state index contributed by atoms with van der Waals surface area (Å²) in [7, 11) is 0. The highest BCUT2D eigenvalue weighted by atomic mass is 32.2. The van der Waals surface area contributed by atoms with Gasteiger partial charge < -0.3 is 5.32 Å². The van der Waals surface area contributed by atoms with Crippen molar-refractivity contribution in [3.63, 3.8) is 0 Å². The molecule has 0 bridgehead atoms. The summed E-state index contributed by atoms with van der Waals surface area (Å²) >= 11 is 1.32. The van der Waals surface area contributed by atoms with E-state index in [0.29, 0.717) is 10.7 Å². The Kier molecular flexibility index (Phi) is 6.23. The third-order valence-electron chi connectivity index (χ3n) is 4.67. The van der Waals surface area contributed by atoms with E-state index in [4.69, 9.17) is 0 Å². The largest absolute Gasteiger partial charge is 0.325 e. The highest BCUT2D eigenvalue weighted by Gasteiger charge is 2.16. The summed E-state index contributed by atoms with van der Waals surface area (Å²) in [4.78, 5) is 24.9. The topological polar surface area (TPSA) is 64.0 Å². The van der Waals surface area contributed by atoms with E-state index in [9.17, 15) is 9.59 Å². The van der Waals surface area contributed by atoms with Crippen molar-refractivity contribution < 1.29 is 4.79 Å². The van der Waals surface area contributed by atoms with Crippen molar-refractivity contribution in [2.45, 2.75) is 44.9 Å². The van der Waals surface area contributed by atoms with Gasteiger partial charge in [-0.05, 0) is 87.2 Å². The Balaban J connectivity index is 1.78. The molecule has 1 amide bonds. The molecule has 0 radical (unpaired) electrons. The SMILES string of the molecule is Cc1cc(C)cc(NC(=O)[C@H](C)Sc2ccc(=O)n(-c3ccc(C)c(C)c3)n2)c1. The molecular formula is C23H25N3O2S. The van der Waals surface area contributed by atoms with Gasteiger partial charge in [0, 0.05) is 11.8 Å². The first-order valence-electron chi connectivity index (χ1n) is 9.47. The Morgan fingerprint density at radius 2 is 1.66 bits per heavy atom. The number of hydrogen-bond donors (Lipinski definition) is 1. The van der Waals surface area contributed by atoms with Gasteiger partial charge in [-0.3, -0.25) is 9.59 Å². The monoisotopic (exact) mass is 407 g/mol. The van der Waals surface area contributed by atoms with Crippen molar-refractivity contribution in [3.8, 4) is 5.69 Å². The lowest BCUT2D eigenvalue weighted by Gasteiger charge is -2.13. The molecule has 1 aromatic heterocycles. The van der Waals surface area contributed by atoms with Gasteiger partial charge in [0.2, 0.25) is 5.91 Å². The average molecular weight is 408 g/mol. The number of nitrogens with zero attached hydrogens (tertiary/aromatic N) is 2. The van der Waals surface area contributed by atoms with Crippen LogP contribution in [0.15, 0.2) is 58.4 Å². The Morgan fingerprint density at radius 1 is 0.966 bits per heavy atom. The van der Waals surface area contributed by atoms with Crippen LogP contribution in [0, 0.1) is 27.7 Å². The Bertz CT molecular complexity index is 1100. The van der Waals surface area contributed by atoms with Crippen LogP contribution >= 0.6 is 11.8 Å². The third-order valence-corrected chi connectivity index (χ3v) is 5.69. The van der Waals surface area contributed by atoms with E-state index >= 15 is 0 Å². The van der Waals surface area contributed by atoms with Gasteiger partial charge in [-0.1, -0.05) is 23.9 Å². The molecule has 0 saturated heterocycles. The second kappa shape index (κ2) is 8.66. The summed E-state index contributed by atoms with van der Waals surface area (Å²) in [6.45, 7) is 9.86. The number of rotatable bonds is 5. The van der Waals surface area contributed by atoms with Gasteiger partial charge in [0.25, 0.3) is 5.56 Å². The number of anilines is 1. The van der Waals surface area contributed by atoms with Crippen molar-refractivity contribution in [3.05, 3.63) is 81.1 Å². The van der Waals surface area contributed by atoms with E-state index in [2.05, 4.69) is 16.5 Å². The number of carbonyl (C=O) groups excluding carboxylic acids is 1. The Hall–Kier alpha value is -2.86. The number of nitrogens with one attached hydrogen (secondary N) is 1. The number of aromatic nitrogens is 2. The standard InChI is InChI=1S/C23H25N3O2S/c1-14-10-15(2)12-19(11-14)24-23(28)18(5)29-21-8-9-22(27)26(25-21)20-7-6-16(3)17(4)13-20/h6-13,18H,1-5H3,(H,24,28)/t18-/m0/s1. The molecule has 2 aromatic carbocycles. The van der Waals surface area contributed by atoms with Crippen LogP contribution < -0.4 is 10.9 Å². The van der Waals surface area contributed by atoms with Gasteiger partial charge in [-0.2, -0.15) is 9.78 Å². The van der Waals surface area contributed by atoms with Crippen molar-refractivity contribution in [2.75, 3.05) is 5.32 Å². The van der Waals surface area contributed by atoms with Gasteiger partial charge in [0.15, 0.2) is 0 Å². The number of carbonyl (C=O) groups is 1. The highest BCUT2D eigenvalue weighted by Crippen LogP contribution is 2.23. The lowest BCUT2D eigenvalue weighted by Crippen LogP contribution is -2.24. The van der Waals surface area contributed by atoms with Crippen LogP contribution in [-0.4, -0.2) is 20.9 Å². The molecule has 150 valence electrons. The lowest BCUT2D eigenvalue weighted by molar-refractivity contribution is -0.115. The minimum atomic E-state index is -0.367. The lowest BCUT2D eigenvalue weighted by atomic mass is 10.1. The van der Waals surface area contributed by atoms with Crippen molar-refractivity contribution in [1.82, 2.24) is 9.78 Å². The summed E-state index contributed by atoms with van der Waals surface area (Å²) < 4.78 is 1.38. The normalized spacial score (nSPS) is 11.9. The molecule has 6 heteroatoms. The van der Waals surface area contributed by atoms with Crippen molar-refractivity contribution >= 4 is 23.4 Å². The van der Waals surface area contributed by atoms with Crippen LogP contribution in [0.25, 0.3) is 5.69 Å². The first-order valence-corrected chi connectivity index (χ1v) is 10.3. The van der Waals surface area contributed by atoms with E-state index in [0.717, 1.165) is 27.9 Å². The number of hydrogen-bond acceptors (Lipinski definition) is 4. The first-order chi connectivity index (χ1) is 13.7. The first kappa shape index (κ1) is 20.9. The van der Waals surface area contributed by atoms with Crippen LogP contribution in [0.1, 0.15) is 29.2 Å². The number of amides is 1. The molecule has 0 saturated carbocycles. The zero-order chi connectivity index (χ0) is 21.1. The van der Waals surface area contributed by atoms with Crippen molar-refractivity contribution in [2.24, 2.45) is 0 Å². The maximum absolute atomic E-state index is 12.6. The van der Waals surface area contributed by atoms with Crippen LogP contribution in [0.5, 0.6) is 0 Å². The smallest absolute Gasteiger partial charge is 0.271 e. The van der Waals surface area contributed by atoms with E-state index in [1.165, 1.54) is 22.5 Å². The maximum atomic E-state index is 12.6. The van der Waals surface area contributed by atoms with Crippen LogP contribution in [0.4, 0.5) is 5.69 Å². The second-order valence-electron chi connectivity index (χ2n) is 7.32. The van der Waals surface area contributed by atoms with Gasteiger partial charge in [-0.25, -0.2) is 0 Å². The van der Waals surface area contributed by atoms with Crippen LogP contribution in [0.3, 0.4) is 0 Å². The zero-order valence-corrected chi connectivity index (χ0v) is 18.1. The predicted molar refractivity (Wildman–Crippen MR) is 119 cm³/mol. The highest BCUT2D eigenvalue weighted by molar-refractivity contribution is 8.00. The molecule has 0 aliphatic rings. The maximum Gasteiger partial charge on any atom is 0.271 e. The van der Waals surface area contributed by atoms with E-state index in [-0.39, 0.29) is 16.7 Å². The molecule has 1 heterocycles. The zero-order valence-electron chi connectivity index (χ0n) is 17.3. The second-order valence-corrected chi connectivity index (χ2v) is 8.68. The average Bonchev–Trinajstić information content (AvgIpc) is 2.64. The summed E-state index contributed by atoms with van der Waals surface area (Å²) in [6, 6.07) is 14.9. The van der Waals surface area contributed by atoms with Gasteiger partial charge in [0.05, 0.1) is 10.9 Å². The van der Waals surface area contributed by atoms with E-state index < -0.39 is 0 Å². The molecular weight excluding hydrogens is 382 g/mol. The van der Waals surface area contributed by atoms with Crippen molar-refractivity contribution in [1.29, 1.82) is 0 Å².